The van der Waals surface area contributed by atoms with E-state index in [4.69, 9.17) is 23.7 Å². The second kappa shape index (κ2) is 5.87. The fraction of sp³-hybridized carbons (Fsp3) is 0.846. The third-order valence-electron chi connectivity index (χ3n) is 3.27. The fourth-order valence-electron chi connectivity index (χ4n) is 2.38. The van der Waals surface area contributed by atoms with E-state index in [2.05, 4.69) is 6.58 Å². The molecule has 0 bridgehead atoms. The summed E-state index contributed by atoms with van der Waals surface area (Å²) in [5, 5.41) is 10.2. The van der Waals surface area contributed by atoms with Gasteiger partial charge in [0.1, 0.15) is 24.4 Å². The summed E-state index contributed by atoms with van der Waals surface area (Å²) >= 11 is 0. The van der Waals surface area contributed by atoms with Crippen molar-refractivity contribution in [1.82, 2.24) is 0 Å². The molecule has 2 aliphatic heterocycles. The van der Waals surface area contributed by atoms with E-state index in [1.54, 1.807) is 6.08 Å². The molecule has 110 valence electrons. The van der Waals surface area contributed by atoms with Crippen LogP contribution in [0.4, 0.5) is 0 Å². The van der Waals surface area contributed by atoms with Gasteiger partial charge in [0.2, 0.25) is 0 Å². The molecule has 6 nitrogen and oxygen atoms in total. The Hall–Kier alpha value is -0.500. The van der Waals surface area contributed by atoms with E-state index in [9.17, 15) is 5.11 Å². The topological polar surface area (TPSA) is 66.4 Å². The summed E-state index contributed by atoms with van der Waals surface area (Å²) in [4.78, 5) is 0. The molecule has 5 atom stereocenters. The van der Waals surface area contributed by atoms with Crippen LogP contribution in [-0.4, -0.2) is 61.9 Å². The molecular weight excluding hydrogens is 252 g/mol. The summed E-state index contributed by atoms with van der Waals surface area (Å²) in [5.74, 6) is -0.722. The summed E-state index contributed by atoms with van der Waals surface area (Å²) in [6.07, 6.45) is -1.29. The smallest absolute Gasteiger partial charge is 0.186 e. The standard InChI is InChI=1S/C13H22O6/c1-5-6-16-11-9(14)12(15-4)18-8-7-17-13(2,3)19-10(8)11/h5,8-12,14H,1,6-7H2,2-4H3/t8-,9+,10-,11-,12-/m1/s1. The lowest BCUT2D eigenvalue weighted by Crippen LogP contribution is -2.65. The van der Waals surface area contributed by atoms with E-state index in [0.717, 1.165) is 0 Å². The molecule has 2 saturated heterocycles. The molecule has 6 heteroatoms. The average molecular weight is 274 g/mol. The van der Waals surface area contributed by atoms with Crippen molar-refractivity contribution in [2.45, 2.75) is 50.3 Å². The van der Waals surface area contributed by atoms with Crippen molar-refractivity contribution >= 4 is 0 Å². The van der Waals surface area contributed by atoms with Crippen molar-refractivity contribution in [3.63, 3.8) is 0 Å². The van der Waals surface area contributed by atoms with Crippen LogP contribution < -0.4 is 0 Å². The molecule has 2 heterocycles. The predicted octanol–water partition coefficient (Wildman–Crippen LogP) is 0.441. The minimum absolute atomic E-state index is 0.323. The molecule has 0 radical (unpaired) electrons. The Labute approximate surface area is 113 Å². The summed E-state index contributed by atoms with van der Waals surface area (Å²) in [6, 6.07) is 0. The first-order chi connectivity index (χ1) is 8.98. The Morgan fingerprint density at radius 1 is 1.47 bits per heavy atom. The summed E-state index contributed by atoms with van der Waals surface area (Å²) in [5.41, 5.74) is 0. The van der Waals surface area contributed by atoms with Gasteiger partial charge in [-0.25, -0.2) is 0 Å². The Morgan fingerprint density at radius 2 is 2.21 bits per heavy atom. The third kappa shape index (κ3) is 3.16. The van der Waals surface area contributed by atoms with E-state index in [1.165, 1.54) is 7.11 Å². The molecule has 0 aromatic heterocycles. The first-order valence-corrected chi connectivity index (χ1v) is 6.39. The van der Waals surface area contributed by atoms with Gasteiger partial charge in [-0.15, -0.1) is 6.58 Å². The molecule has 2 fully saturated rings. The second-order valence-corrected chi connectivity index (χ2v) is 5.15. The molecule has 0 saturated carbocycles. The zero-order chi connectivity index (χ0) is 14.0. The van der Waals surface area contributed by atoms with Crippen LogP contribution >= 0.6 is 0 Å². The number of methoxy groups -OCH3 is 1. The van der Waals surface area contributed by atoms with Gasteiger partial charge < -0.3 is 28.8 Å². The van der Waals surface area contributed by atoms with Gasteiger partial charge >= 0.3 is 0 Å². The molecule has 0 aliphatic carbocycles. The first-order valence-electron chi connectivity index (χ1n) is 6.39. The van der Waals surface area contributed by atoms with Crippen LogP contribution in [0.3, 0.4) is 0 Å². The van der Waals surface area contributed by atoms with Gasteiger partial charge in [-0.3, -0.25) is 0 Å². The maximum Gasteiger partial charge on any atom is 0.186 e. The molecule has 0 aromatic carbocycles. The predicted molar refractivity (Wildman–Crippen MR) is 66.5 cm³/mol. The fourth-order valence-corrected chi connectivity index (χ4v) is 2.38. The minimum Gasteiger partial charge on any atom is -0.385 e. The first kappa shape index (κ1) is 14.9. The van der Waals surface area contributed by atoms with E-state index < -0.39 is 30.4 Å². The van der Waals surface area contributed by atoms with Gasteiger partial charge in [-0.1, -0.05) is 6.08 Å². The van der Waals surface area contributed by atoms with Crippen LogP contribution in [0.15, 0.2) is 12.7 Å². The number of hydrogen-bond acceptors (Lipinski definition) is 6. The normalized spacial score (nSPS) is 41.6. The van der Waals surface area contributed by atoms with Crippen LogP contribution in [0.5, 0.6) is 0 Å². The number of aliphatic hydroxyl groups is 1. The van der Waals surface area contributed by atoms with Crippen LogP contribution in [-0.2, 0) is 23.7 Å². The lowest BCUT2D eigenvalue weighted by Gasteiger charge is -2.49. The highest BCUT2D eigenvalue weighted by atomic mass is 16.8. The van der Waals surface area contributed by atoms with Gasteiger partial charge in [-0.05, 0) is 13.8 Å². The SMILES string of the molecule is C=CCO[C@@H]1[C@H](O)[C@H](OC)O[C@@H]2COC(C)(C)O[C@@H]12. The maximum absolute atomic E-state index is 10.2. The number of rotatable bonds is 4. The van der Waals surface area contributed by atoms with Gasteiger partial charge in [-0.2, -0.15) is 0 Å². The Kier molecular flexibility index (Phi) is 4.60. The molecule has 2 rings (SSSR count). The highest BCUT2D eigenvalue weighted by Gasteiger charge is 2.51. The Morgan fingerprint density at radius 3 is 2.84 bits per heavy atom. The van der Waals surface area contributed by atoms with Gasteiger partial charge in [0.25, 0.3) is 0 Å². The van der Waals surface area contributed by atoms with Gasteiger partial charge in [0.15, 0.2) is 12.1 Å². The van der Waals surface area contributed by atoms with Crippen molar-refractivity contribution in [3.8, 4) is 0 Å². The molecule has 1 N–H and O–H groups in total. The van der Waals surface area contributed by atoms with Crippen molar-refractivity contribution in [3.05, 3.63) is 12.7 Å². The van der Waals surface area contributed by atoms with Crippen LogP contribution in [0.1, 0.15) is 13.8 Å². The second-order valence-electron chi connectivity index (χ2n) is 5.15. The van der Waals surface area contributed by atoms with Crippen LogP contribution in [0.25, 0.3) is 0 Å². The van der Waals surface area contributed by atoms with E-state index in [0.29, 0.717) is 13.2 Å². The number of ether oxygens (including phenoxy) is 5. The molecule has 19 heavy (non-hydrogen) atoms. The van der Waals surface area contributed by atoms with E-state index in [1.807, 2.05) is 13.8 Å². The van der Waals surface area contributed by atoms with Crippen LogP contribution in [0, 0.1) is 0 Å². The number of fused-ring (bicyclic) bond motifs is 1. The molecular formula is C13H22O6. The quantitative estimate of drug-likeness (QED) is 0.750. The minimum atomic E-state index is -0.917. The van der Waals surface area contributed by atoms with Crippen molar-refractivity contribution in [2.24, 2.45) is 0 Å². The number of aliphatic hydroxyl groups excluding tert-OH is 1. The van der Waals surface area contributed by atoms with Gasteiger partial charge in [0, 0.05) is 7.11 Å². The summed E-state index contributed by atoms with van der Waals surface area (Å²) in [7, 11) is 1.48. The monoisotopic (exact) mass is 274 g/mol. The molecule has 0 spiro atoms. The Balaban J connectivity index is 2.15. The van der Waals surface area contributed by atoms with Crippen LogP contribution in [0.2, 0.25) is 0 Å². The van der Waals surface area contributed by atoms with Gasteiger partial charge in [0.05, 0.1) is 13.2 Å². The van der Waals surface area contributed by atoms with E-state index >= 15 is 0 Å². The Bertz CT molecular complexity index is 318. The summed E-state index contributed by atoms with van der Waals surface area (Å²) in [6.45, 7) is 7.95. The molecule has 0 amide bonds. The zero-order valence-electron chi connectivity index (χ0n) is 11.6. The number of hydrogen-bond donors (Lipinski definition) is 1. The van der Waals surface area contributed by atoms with Crippen molar-refractivity contribution in [1.29, 1.82) is 0 Å². The molecule has 0 unspecified atom stereocenters. The molecule has 2 aliphatic rings. The summed E-state index contributed by atoms with van der Waals surface area (Å²) < 4.78 is 27.8. The van der Waals surface area contributed by atoms with Crippen molar-refractivity contribution in [2.75, 3.05) is 20.3 Å². The van der Waals surface area contributed by atoms with E-state index in [-0.39, 0.29) is 6.10 Å². The maximum atomic E-state index is 10.2. The lowest BCUT2D eigenvalue weighted by molar-refractivity contribution is -0.383. The third-order valence-corrected chi connectivity index (χ3v) is 3.27. The molecule has 0 aromatic rings. The highest BCUT2D eigenvalue weighted by molar-refractivity contribution is 4.94. The van der Waals surface area contributed by atoms with Crippen molar-refractivity contribution < 1.29 is 28.8 Å². The lowest BCUT2D eigenvalue weighted by atomic mass is 9.97. The average Bonchev–Trinajstić information content (AvgIpc) is 2.36. The zero-order valence-corrected chi connectivity index (χ0v) is 11.6. The largest absolute Gasteiger partial charge is 0.385 e. The highest BCUT2D eigenvalue weighted by Crippen LogP contribution is 2.33.